The maximum absolute atomic E-state index is 2.44. The highest BCUT2D eigenvalue weighted by atomic mass is 15.1. The lowest BCUT2D eigenvalue weighted by Gasteiger charge is -2.23. The number of allylic oxidation sites excluding steroid dienone is 1. The summed E-state index contributed by atoms with van der Waals surface area (Å²) in [5.74, 6) is 0. The van der Waals surface area contributed by atoms with Crippen LogP contribution >= 0.6 is 0 Å². The molecule has 2 nitrogen and oxygen atoms in total. The molecular weight excluding hydrogens is 304 g/mol. The molecule has 1 aromatic heterocycles. The van der Waals surface area contributed by atoms with Crippen LogP contribution in [0.4, 0.5) is 0 Å². The molecule has 0 atom stereocenters. The number of likely N-dealkylation sites (N-methyl/N-ethyl adjacent to an activating group) is 1. The number of hydrogen-bond donors (Lipinski definition) is 0. The van der Waals surface area contributed by atoms with Crippen molar-refractivity contribution in [3.8, 4) is 0 Å². The van der Waals surface area contributed by atoms with Crippen LogP contribution < -0.4 is 0 Å². The summed E-state index contributed by atoms with van der Waals surface area (Å²) in [6.45, 7) is 8.72. The maximum atomic E-state index is 2.44. The standard InChI is InChI=1S/C23H26N2/c1-16-6-5-7-19(12-16)18(3)14-25-22-9-8-17(2)13-20(22)21-15-24(4)11-10-23(21)25/h5-9,12-14H,10-11,15H2,1-4H3. The lowest BCUT2D eigenvalue weighted by atomic mass is 10.0. The Balaban J connectivity index is 1.91. The minimum absolute atomic E-state index is 1.04. The quantitative estimate of drug-likeness (QED) is 0.622. The van der Waals surface area contributed by atoms with Gasteiger partial charge in [0, 0.05) is 36.8 Å². The predicted octanol–water partition coefficient (Wildman–Crippen LogP) is 5.26. The molecule has 1 aliphatic heterocycles. The van der Waals surface area contributed by atoms with Crippen LogP contribution in [0.3, 0.4) is 0 Å². The van der Waals surface area contributed by atoms with Crippen LogP contribution in [0.1, 0.15) is 34.9 Å². The molecular formula is C23H26N2. The Labute approximate surface area is 150 Å². The zero-order chi connectivity index (χ0) is 17.6. The minimum Gasteiger partial charge on any atom is -0.320 e. The van der Waals surface area contributed by atoms with E-state index in [-0.39, 0.29) is 0 Å². The third-order valence-corrected chi connectivity index (χ3v) is 5.33. The van der Waals surface area contributed by atoms with Gasteiger partial charge in [0.15, 0.2) is 0 Å². The second-order valence-electron chi connectivity index (χ2n) is 7.49. The molecule has 0 N–H and O–H groups in total. The molecule has 2 aromatic carbocycles. The number of nitrogens with zero attached hydrogens (tertiary/aromatic N) is 2. The zero-order valence-electron chi connectivity index (χ0n) is 15.6. The van der Waals surface area contributed by atoms with Gasteiger partial charge in [0.2, 0.25) is 0 Å². The van der Waals surface area contributed by atoms with Crippen LogP contribution in [0, 0.1) is 13.8 Å². The van der Waals surface area contributed by atoms with Gasteiger partial charge in [0.1, 0.15) is 0 Å². The highest BCUT2D eigenvalue weighted by molar-refractivity contribution is 5.90. The van der Waals surface area contributed by atoms with Gasteiger partial charge >= 0.3 is 0 Å². The SMILES string of the molecule is CC(=Cn1c2c(c3cc(C)ccc31)CN(C)CC2)c1cccc(C)c1. The third-order valence-electron chi connectivity index (χ3n) is 5.33. The fraction of sp³-hybridized carbons (Fsp3) is 0.304. The molecule has 128 valence electrons. The van der Waals surface area contributed by atoms with Crippen molar-refractivity contribution in [3.63, 3.8) is 0 Å². The first-order chi connectivity index (χ1) is 12.0. The van der Waals surface area contributed by atoms with Crippen LogP contribution in [0.15, 0.2) is 42.5 Å². The normalized spacial score (nSPS) is 15.6. The molecule has 0 amide bonds. The average molecular weight is 330 g/mol. The number of aryl methyl sites for hydroxylation is 2. The van der Waals surface area contributed by atoms with Gasteiger partial charge in [-0.25, -0.2) is 0 Å². The molecule has 4 rings (SSSR count). The van der Waals surface area contributed by atoms with Crippen LogP contribution in [0.2, 0.25) is 0 Å². The van der Waals surface area contributed by atoms with Crippen molar-refractivity contribution in [2.75, 3.05) is 13.6 Å². The molecule has 0 saturated carbocycles. The van der Waals surface area contributed by atoms with E-state index in [1.54, 1.807) is 0 Å². The molecule has 1 aliphatic rings. The smallest absolute Gasteiger partial charge is 0.0529 e. The summed E-state index contributed by atoms with van der Waals surface area (Å²) in [4.78, 5) is 2.42. The second kappa shape index (κ2) is 6.20. The van der Waals surface area contributed by atoms with E-state index in [1.807, 2.05) is 0 Å². The van der Waals surface area contributed by atoms with Gasteiger partial charge < -0.3 is 9.47 Å². The van der Waals surface area contributed by atoms with Crippen molar-refractivity contribution in [1.82, 2.24) is 9.47 Å². The Morgan fingerprint density at radius 3 is 2.64 bits per heavy atom. The van der Waals surface area contributed by atoms with E-state index in [2.05, 4.69) is 86.0 Å². The van der Waals surface area contributed by atoms with Gasteiger partial charge in [-0.15, -0.1) is 0 Å². The van der Waals surface area contributed by atoms with Crippen molar-refractivity contribution in [3.05, 3.63) is 70.4 Å². The van der Waals surface area contributed by atoms with Gasteiger partial charge in [-0.3, -0.25) is 0 Å². The summed E-state index contributed by atoms with van der Waals surface area (Å²) in [5, 5.41) is 1.41. The van der Waals surface area contributed by atoms with Crippen LogP contribution in [0.5, 0.6) is 0 Å². The van der Waals surface area contributed by atoms with Crippen molar-refractivity contribution in [2.45, 2.75) is 33.7 Å². The molecule has 0 aliphatic carbocycles. The van der Waals surface area contributed by atoms with Crippen LogP contribution in [-0.4, -0.2) is 23.1 Å². The van der Waals surface area contributed by atoms with E-state index in [9.17, 15) is 0 Å². The monoisotopic (exact) mass is 330 g/mol. The van der Waals surface area contributed by atoms with Gasteiger partial charge in [-0.05, 0) is 56.7 Å². The largest absolute Gasteiger partial charge is 0.320 e. The third kappa shape index (κ3) is 2.91. The van der Waals surface area contributed by atoms with Crippen LogP contribution in [0.25, 0.3) is 22.7 Å². The van der Waals surface area contributed by atoms with E-state index >= 15 is 0 Å². The lowest BCUT2D eigenvalue weighted by molar-refractivity contribution is 0.312. The first-order valence-corrected chi connectivity index (χ1v) is 9.09. The summed E-state index contributed by atoms with van der Waals surface area (Å²) in [6.07, 6.45) is 3.44. The van der Waals surface area contributed by atoms with E-state index in [1.165, 1.54) is 44.4 Å². The van der Waals surface area contributed by atoms with E-state index < -0.39 is 0 Å². The highest BCUT2D eigenvalue weighted by Gasteiger charge is 2.21. The molecule has 2 heterocycles. The fourth-order valence-corrected chi connectivity index (χ4v) is 3.95. The van der Waals surface area contributed by atoms with Crippen molar-refractivity contribution >= 4 is 22.7 Å². The van der Waals surface area contributed by atoms with Gasteiger partial charge in [0.05, 0.1) is 5.52 Å². The van der Waals surface area contributed by atoms with Gasteiger partial charge in [-0.1, -0.05) is 41.5 Å². The summed E-state index contributed by atoms with van der Waals surface area (Å²) < 4.78 is 2.44. The molecule has 3 aromatic rings. The van der Waals surface area contributed by atoms with E-state index in [0.717, 1.165) is 19.5 Å². The number of rotatable bonds is 2. The molecule has 25 heavy (non-hydrogen) atoms. The van der Waals surface area contributed by atoms with Gasteiger partial charge in [-0.2, -0.15) is 0 Å². The Morgan fingerprint density at radius 2 is 1.84 bits per heavy atom. The second-order valence-corrected chi connectivity index (χ2v) is 7.49. The molecule has 0 saturated heterocycles. The molecule has 0 bridgehead atoms. The van der Waals surface area contributed by atoms with Crippen molar-refractivity contribution in [1.29, 1.82) is 0 Å². The molecule has 0 radical (unpaired) electrons. The first-order valence-electron chi connectivity index (χ1n) is 9.09. The zero-order valence-corrected chi connectivity index (χ0v) is 15.6. The number of hydrogen-bond acceptors (Lipinski definition) is 1. The minimum atomic E-state index is 1.04. The van der Waals surface area contributed by atoms with E-state index in [0.29, 0.717) is 0 Å². The summed E-state index contributed by atoms with van der Waals surface area (Å²) in [6, 6.07) is 15.6. The van der Waals surface area contributed by atoms with Crippen molar-refractivity contribution in [2.24, 2.45) is 0 Å². The van der Waals surface area contributed by atoms with Gasteiger partial charge in [0.25, 0.3) is 0 Å². The molecule has 0 fully saturated rings. The molecule has 2 heteroatoms. The Morgan fingerprint density at radius 1 is 1.04 bits per heavy atom. The first kappa shape index (κ1) is 16.2. The summed E-state index contributed by atoms with van der Waals surface area (Å²) in [5.41, 5.74) is 9.56. The highest BCUT2D eigenvalue weighted by Crippen LogP contribution is 2.32. The number of aromatic nitrogens is 1. The van der Waals surface area contributed by atoms with Crippen LogP contribution in [-0.2, 0) is 13.0 Å². The Kier molecular flexibility index (Phi) is 4.01. The predicted molar refractivity (Wildman–Crippen MR) is 108 cm³/mol. The average Bonchev–Trinajstić information content (AvgIpc) is 2.87. The Hall–Kier alpha value is -2.32. The van der Waals surface area contributed by atoms with E-state index in [4.69, 9.17) is 0 Å². The lowest BCUT2D eigenvalue weighted by Crippen LogP contribution is -2.26. The molecule has 0 spiro atoms. The maximum Gasteiger partial charge on any atom is 0.0529 e. The number of benzene rings is 2. The topological polar surface area (TPSA) is 8.17 Å². The summed E-state index contributed by atoms with van der Waals surface area (Å²) in [7, 11) is 2.22. The number of fused-ring (bicyclic) bond motifs is 3. The molecule has 0 unspecified atom stereocenters. The Bertz CT molecular complexity index is 975. The fourth-order valence-electron chi connectivity index (χ4n) is 3.95. The summed E-state index contributed by atoms with van der Waals surface area (Å²) >= 11 is 0. The van der Waals surface area contributed by atoms with Crippen molar-refractivity contribution < 1.29 is 0 Å².